The van der Waals surface area contributed by atoms with E-state index in [9.17, 15) is 13.6 Å². The van der Waals surface area contributed by atoms with Gasteiger partial charge in [-0.2, -0.15) is 13.9 Å². The Labute approximate surface area is 270 Å². The van der Waals surface area contributed by atoms with E-state index in [1.165, 1.54) is 17.1 Å². The van der Waals surface area contributed by atoms with Crippen LogP contribution in [0.25, 0.3) is 0 Å². The summed E-state index contributed by atoms with van der Waals surface area (Å²) in [6.07, 6.45) is 1.75. The van der Waals surface area contributed by atoms with Gasteiger partial charge in [0.05, 0.1) is 12.3 Å². The zero-order chi connectivity index (χ0) is 32.1. The number of hydrazone groups is 1. The molecule has 9 nitrogen and oxygen atoms in total. The molecule has 0 bridgehead atoms. The van der Waals surface area contributed by atoms with Crippen LogP contribution in [0.5, 0.6) is 5.75 Å². The number of nitrogens with one attached hydrogen (secondary N) is 5. The molecule has 0 spiro atoms. The summed E-state index contributed by atoms with van der Waals surface area (Å²) < 4.78 is 29.3. The fourth-order valence-electron chi connectivity index (χ4n) is 3.84. The van der Waals surface area contributed by atoms with E-state index in [1.54, 1.807) is 49.5 Å². The van der Waals surface area contributed by atoms with Gasteiger partial charge in [-0.1, -0.05) is 48.0 Å². The minimum Gasteiger partial charge on any atom is -0.435 e. The molecule has 2 amide bonds. The Morgan fingerprint density at radius 2 is 1.68 bits per heavy atom. The zero-order valence-electron chi connectivity index (χ0n) is 23.9. The summed E-state index contributed by atoms with van der Waals surface area (Å²) in [5.74, 6) is -0.106. The van der Waals surface area contributed by atoms with Gasteiger partial charge in [-0.05, 0) is 91.0 Å². The molecule has 0 aromatic heterocycles. The van der Waals surface area contributed by atoms with E-state index >= 15 is 0 Å². The van der Waals surface area contributed by atoms with Gasteiger partial charge in [-0.3, -0.25) is 10.9 Å². The van der Waals surface area contributed by atoms with Crippen molar-refractivity contribution in [3.8, 4) is 5.75 Å². The maximum Gasteiger partial charge on any atom is 0.387 e. The largest absolute Gasteiger partial charge is 0.435 e. The number of urea groups is 1. The van der Waals surface area contributed by atoms with Crippen LogP contribution in [0.3, 0.4) is 0 Å². The number of hydrogen-bond donors (Lipinski definition) is 5. The SMILES string of the molecule is C=CC(C)NC(=S)NNC(=S)NC.O=C(Nc1ccc(Cl)cc1)N1CC(c2ccccc2)C(c2ccc(OC(F)F)cc2)=N1. The quantitative estimate of drug-likeness (QED) is 0.119. The van der Waals surface area contributed by atoms with Gasteiger partial charge in [0, 0.05) is 29.7 Å². The average molecular weight is 660 g/mol. The number of ether oxygens (including phenoxy) is 1. The summed E-state index contributed by atoms with van der Waals surface area (Å²) in [5, 5.41) is 15.9. The topological polar surface area (TPSA) is 102 Å². The Morgan fingerprint density at radius 3 is 2.27 bits per heavy atom. The summed E-state index contributed by atoms with van der Waals surface area (Å²) >= 11 is 15.7. The van der Waals surface area contributed by atoms with Crippen molar-refractivity contribution in [3.05, 3.63) is 108 Å². The van der Waals surface area contributed by atoms with Gasteiger partial charge in [0.2, 0.25) is 0 Å². The van der Waals surface area contributed by atoms with Gasteiger partial charge in [-0.25, -0.2) is 9.80 Å². The minimum atomic E-state index is -2.89. The molecule has 0 radical (unpaired) electrons. The number of rotatable bonds is 7. The van der Waals surface area contributed by atoms with Crippen LogP contribution in [0.2, 0.25) is 5.02 Å². The van der Waals surface area contributed by atoms with Crippen LogP contribution < -0.4 is 31.5 Å². The van der Waals surface area contributed by atoms with Crippen molar-refractivity contribution in [1.82, 2.24) is 26.5 Å². The second-order valence-electron chi connectivity index (χ2n) is 9.20. The van der Waals surface area contributed by atoms with Crippen LogP contribution >= 0.6 is 36.0 Å². The standard InChI is InChI=1S/C23H18ClF2N3O2.C7H14N4S2/c24-17-8-10-18(11-9-17)27-23(30)29-14-20(15-4-2-1-3-5-15)21(28-29)16-6-12-19(13-7-16)31-22(25)26;1-4-5(2)9-7(13)11-10-6(12)8-3/h1-13,20,22H,14H2,(H,27,30);4-5H,1H2,2-3H3,(H2,8,10,12)(H2,9,11,13). The predicted octanol–water partition coefficient (Wildman–Crippen LogP) is 6.01. The molecule has 0 aliphatic carbocycles. The van der Waals surface area contributed by atoms with Crippen LogP contribution in [0, 0.1) is 0 Å². The number of anilines is 1. The Morgan fingerprint density at radius 1 is 1.05 bits per heavy atom. The van der Waals surface area contributed by atoms with E-state index < -0.39 is 6.61 Å². The summed E-state index contributed by atoms with van der Waals surface area (Å²) in [4.78, 5) is 12.8. The lowest BCUT2D eigenvalue weighted by Gasteiger charge is -2.16. The van der Waals surface area contributed by atoms with Crippen molar-refractivity contribution < 1.29 is 18.3 Å². The van der Waals surface area contributed by atoms with E-state index in [0.29, 0.717) is 33.2 Å². The molecule has 1 aliphatic heterocycles. The molecule has 3 aromatic carbocycles. The van der Waals surface area contributed by atoms with Gasteiger partial charge < -0.3 is 20.7 Å². The maximum absolute atomic E-state index is 12.8. The molecule has 14 heteroatoms. The van der Waals surface area contributed by atoms with E-state index in [4.69, 9.17) is 36.0 Å². The molecule has 2 unspecified atom stereocenters. The number of hydrogen-bond acceptors (Lipinski definition) is 5. The highest BCUT2D eigenvalue weighted by Gasteiger charge is 2.32. The number of thiocarbonyl (C=S) groups is 2. The normalized spacial score (nSPS) is 14.3. The molecule has 0 fully saturated rings. The average Bonchev–Trinajstić information content (AvgIpc) is 3.47. The lowest BCUT2D eigenvalue weighted by Crippen LogP contribution is -2.50. The van der Waals surface area contributed by atoms with Crippen molar-refractivity contribution in [1.29, 1.82) is 0 Å². The molecule has 0 saturated carbocycles. The van der Waals surface area contributed by atoms with Crippen LogP contribution in [0.15, 0.2) is 96.6 Å². The second kappa shape index (κ2) is 17.1. The predicted molar refractivity (Wildman–Crippen MR) is 179 cm³/mol. The third-order valence-electron chi connectivity index (χ3n) is 6.05. The van der Waals surface area contributed by atoms with E-state index in [2.05, 4.69) is 43.2 Å². The number of alkyl halides is 2. The van der Waals surface area contributed by atoms with Crippen molar-refractivity contribution in [2.24, 2.45) is 5.10 Å². The lowest BCUT2D eigenvalue weighted by atomic mass is 9.90. The number of nitrogens with zero attached hydrogens (tertiary/aromatic N) is 2. The van der Waals surface area contributed by atoms with Crippen LogP contribution in [0.1, 0.15) is 24.0 Å². The molecule has 0 saturated heterocycles. The molecule has 3 aromatic rings. The van der Waals surface area contributed by atoms with E-state index in [1.807, 2.05) is 37.3 Å². The molecule has 1 heterocycles. The third kappa shape index (κ3) is 10.7. The van der Waals surface area contributed by atoms with Crippen LogP contribution in [-0.4, -0.2) is 53.2 Å². The summed E-state index contributed by atoms with van der Waals surface area (Å²) in [6.45, 7) is 3.01. The van der Waals surface area contributed by atoms with Gasteiger partial charge in [0.25, 0.3) is 0 Å². The first kappa shape index (κ1) is 34.2. The van der Waals surface area contributed by atoms with Crippen LogP contribution in [-0.2, 0) is 0 Å². The lowest BCUT2D eigenvalue weighted by molar-refractivity contribution is -0.0498. The molecular formula is C30H32ClF2N7O2S2. The molecule has 232 valence electrons. The van der Waals surface area contributed by atoms with Crippen LogP contribution in [0.4, 0.5) is 19.3 Å². The van der Waals surface area contributed by atoms with Gasteiger partial charge in [0.1, 0.15) is 5.75 Å². The monoisotopic (exact) mass is 659 g/mol. The summed E-state index contributed by atoms with van der Waals surface area (Å²) in [6, 6.07) is 22.5. The number of benzene rings is 3. The maximum atomic E-state index is 12.8. The third-order valence-corrected chi connectivity index (χ3v) is 6.83. The molecule has 44 heavy (non-hydrogen) atoms. The molecular weight excluding hydrogens is 628 g/mol. The first-order valence-corrected chi connectivity index (χ1v) is 14.5. The fraction of sp³-hybridized carbons (Fsp3) is 0.200. The molecule has 5 N–H and O–H groups in total. The fourth-order valence-corrected chi connectivity index (χ4v) is 4.26. The van der Waals surface area contributed by atoms with Gasteiger partial charge >= 0.3 is 12.6 Å². The molecule has 4 rings (SSSR count). The smallest absolute Gasteiger partial charge is 0.387 e. The van der Waals surface area contributed by atoms with Crippen molar-refractivity contribution in [3.63, 3.8) is 0 Å². The molecule has 2 atom stereocenters. The van der Waals surface area contributed by atoms with Gasteiger partial charge in [0.15, 0.2) is 10.2 Å². The first-order chi connectivity index (χ1) is 21.1. The zero-order valence-corrected chi connectivity index (χ0v) is 26.3. The van der Waals surface area contributed by atoms with E-state index in [0.717, 1.165) is 11.1 Å². The highest BCUT2D eigenvalue weighted by atomic mass is 35.5. The number of amides is 2. The highest BCUT2D eigenvalue weighted by molar-refractivity contribution is 7.80. The second-order valence-corrected chi connectivity index (χ2v) is 10.5. The Balaban J connectivity index is 0.000000345. The Hall–Kier alpha value is -4.33. The number of halogens is 3. The van der Waals surface area contributed by atoms with Crippen molar-refractivity contribution in [2.45, 2.75) is 25.5 Å². The Kier molecular flexibility index (Phi) is 13.3. The van der Waals surface area contributed by atoms with Crippen molar-refractivity contribution >= 4 is 63.7 Å². The summed E-state index contributed by atoms with van der Waals surface area (Å²) in [5.41, 5.74) is 8.39. The summed E-state index contributed by atoms with van der Waals surface area (Å²) in [7, 11) is 1.72. The number of carbonyl (C=O) groups excluding carboxylic acids is 1. The number of carbonyl (C=O) groups is 1. The number of hydrazine groups is 1. The molecule has 1 aliphatic rings. The van der Waals surface area contributed by atoms with Gasteiger partial charge in [-0.15, -0.1) is 6.58 Å². The van der Waals surface area contributed by atoms with E-state index in [-0.39, 0.29) is 23.7 Å². The Bertz CT molecular complexity index is 1450. The van der Waals surface area contributed by atoms with Crippen molar-refractivity contribution in [2.75, 3.05) is 18.9 Å². The minimum absolute atomic E-state index is 0.0611. The highest BCUT2D eigenvalue weighted by Crippen LogP contribution is 2.30. The first-order valence-electron chi connectivity index (χ1n) is 13.3.